The Balaban J connectivity index is 3.64. The lowest BCUT2D eigenvalue weighted by atomic mass is 10.4. The first-order valence-corrected chi connectivity index (χ1v) is 5.87. The minimum atomic E-state index is -3.46. The van der Waals surface area contributed by atoms with Gasteiger partial charge in [0.15, 0.2) is 0 Å². The maximum absolute atomic E-state index is 11.0. The molecule has 0 spiro atoms. The largest absolute Gasteiger partial charge is 0.392 e. The van der Waals surface area contributed by atoms with E-state index in [-0.39, 0.29) is 12.3 Å². The van der Waals surface area contributed by atoms with E-state index >= 15 is 0 Å². The lowest BCUT2D eigenvalue weighted by Gasteiger charge is -2.06. The molecule has 0 radical (unpaired) electrons. The van der Waals surface area contributed by atoms with E-state index in [2.05, 4.69) is 9.76 Å². The fourth-order valence-corrected chi connectivity index (χ4v) is 1.58. The summed E-state index contributed by atoms with van der Waals surface area (Å²) in [5.74, 6) is 0.0102. The van der Waals surface area contributed by atoms with Crippen LogP contribution < -0.4 is 5.48 Å². The Hall–Kier alpha value is -0.170. The minimum Gasteiger partial charge on any atom is -0.392 e. The average molecular weight is 211 g/mol. The van der Waals surface area contributed by atoms with E-state index in [1.54, 1.807) is 0 Å². The van der Waals surface area contributed by atoms with Gasteiger partial charge in [-0.25, -0.2) is 0 Å². The summed E-state index contributed by atoms with van der Waals surface area (Å²) in [6.45, 7) is 3.54. The maximum Gasteiger partial charge on any atom is 0.283 e. The molecule has 0 bridgehead atoms. The number of hydroxylamine groups is 1. The van der Waals surface area contributed by atoms with Crippen LogP contribution in [0.3, 0.4) is 0 Å². The van der Waals surface area contributed by atoms with E-state index in [1.807, 2.05) is 6.92 Å². The van der Waals surface area contributed by atoms with Crippen LogP contribution in [0.4, 0.5) is 0 Å². The van der Waals surface area contributed by atoms with Crippen LogP contribution in [0.25, 0.3) is 0 Å². The number of unbranched alkanes of at least 4 members (excludes halogenated alkanes) is 1. The molecule has 2 N–H and O–H groups in total. The molecule has 13 heavy (non-hydrogen) atoms. The van der Waals surface area contributed by atoms with Crippen molar-refractivity contribution in [1.82, 2.24) is 5.48 Å². The fraction of sp³-hybridized carbons (Fsp3) is 1.00. The summed E-state index contributed by atoms with van der Waals surface area (Å²) in [5, 5.41) is 8.79. The highest BCUT2D eigenvalue weighted by Gasteiger charge is 2.10. The third-order valence-corrected chi connectivity index (χ3v) is 2.47. The van der Waals surface area contributed by atoms with Gasteiger partial charge in [-0.2, -0.15) is 18.2 Å². The molecule has 1 atom stereocenters. The Morgan fingerprint density at radius 1 is 1.54 bits per heavy atom. The zero-order valence-electron chi connectivity index (χ0n) is 7.99. The van der Waals surface area contributed by atoms with Gasteiger partial charge in [0.1, 0.15) is 0 Å². The van der Waals surface area contributed by atoms with E-state index in [1.165, 1.54) is 6.92 Å². The molecule has 0 rings (SSSR count). The third kappa shape index (κ3) is 8.17. The monoisotopic (exact) mass is 211 g/mol. The van der Waals surface area contributed by atoms with Crippen molar-refractivity contribution in [2.24, 2.45) is 0 Å². The Kier molecular flexibility index (Phi) is 6.23. The Morgan fingerprint density at radius 3 is 2.62 bits per heavy atom. The molecule has 6 heteroatoms. The summed E-state index contributed by atoms with van der Waals surface area (Å²) >= 11 is 0. The molecule has 0 saturated carbocycles. The van der Waals surface area contributed by atoms with Crippen molar-refractivity contribution in [3.8, 4) is 0 Å². The number of aliphatic hydroxyl groups is 1. The van der Waals surface area contributed by atoms with Gasteiger partial charge < -0.3 is 5.11 Å². The van der Waals surface area contributed by atoms with Crippen molar-refractivity contribution in [2.45, 2.75) is 32.8 Å². The zero-order chi connectivity index (χ0) is 10.3. The Bertz CT molecular complexity index is 213. The van der Waals surface area contributed by atoms with Crippen LogP contribution >= 0.6 is 0 Å². The van der Waals surface area contributed by atoms with Crippen molar-refractivity contribution >= 4 is 10.1 Å². The van der Waals surface area contributed by atoms with Gasteiger partial charge in [-0.15, -0.1) is 0 Å². The summed E-state index contributed by atoms with van der Waals surface area (Å²) in [6.07, 6.45) is 0.763. The van der Waals surface area contributed by atoms with Crippen LogP contribution in [0.5, 0.6) is 0 Å². The van der Waals surface area contributed by atoms with Crippen molar-refractivity contribution in [3.63, 3.8) is 0 Å². The maximum atomic E-state index is 11.0. The van der Waals surface area contributed by atoms with Crippen LogP contribution in [0.1, 0.15) is 26.7 Å². The lowest BCUT2D eigenvalue weighted by molar-refractivity contribution is 0.123. The van der Waals surface area contributed by atoms with Gasteiger partial charge in [0.2, 0.25) is 0 Å². The van der Waals surface area contributed by atoms with Crippen molar-refractivity contribution in [1.29, 1.82) is 0 Å². The molecule has 0 aliphatic heterocycles. The lowest BCUT2D eigenvalue weighted by Crippen LogP contribution is -2.28. The Morgan fingerprint density at radius 2 is 2.15 bits per heavy atom. The first-order valence-electron chi connectivity index (χ1n) is 4.30. The first kappa shape index (κ1) is 12.8. The van der Waals surface area contributed by atoms with Gasteiger partial charge in [0.05, 0.1) is 11.9 Å². The van der Waals surface area contributed by atoms with Crippen molar-refractivity contribution in [2.75, 3.05) is 12.3 Å². The molecule has 0 aromatic heterocycles. The van der Waals surface area contributed by atoms with E-state index in [4.69, 9.17) is 5.11 Å². The molecule has 1 unspecified atom stereocenters. The van der Waals surface area contributed by atoms with E-state index in [0.717, 1.165) is 6.42 Å². The van der Waals surface area contributed by atoms with Gasteiger partial charge in [0.25, 0.3) is 10.1 Å². The average Bonchev–Trinajstić information content (AvgIpc) is 2.00. The minimum absolute atomic E-state index is 0.0102. The van der Waals surface area contributed by atoms with E-state index in [0.29, 0.717) is 6.42 Å². The molecule has 0 saturated heterocycles. The molecular weight excluding hydrogens is 194 g/mol. The van der Waals surface area contributed by atoms with Gasteiger partial charge in [0, 0.05) is 6.54 Å². The zero-order valence-corrected chi connectivity index (χ0v) is 8.80. The molecular formula is C7H17NO4S. The molecule has 5 nitrogen and oxygen atoms in total. The van der Waals surface area contributed by atoms with Gasteiger partial charge >= 0.3 is 0 Å². The molecule has 0 aromatic carbocycles. The smallest absolute Gasteiger partial charge is 0.283 e. The SMILES string of the molecule is CCCCS(=O)(=O)ONCC(C)O. The highest BCUT2D eigenvalue weighted by molar-refractivity contribution is 7.86. The standard InChI is InChI=1S/C7H17NO4S/c1-3-4-5-13(10,11)12-8-6-7(2)9/h7-9H,3-6H2,1-2H3. The molecule has 0 aliphatic rings. The summed E-state index contributed by atoms with van der Waals surface area (Å²) in [4.78, 5) is 0. The predicted molar refractivity (Wildman–Crippen MR) is 49.5 cm³/mol. The highest BCUT2D eigenvalue weighted by atomic mass is 32.2. The molecule has 0 amide bonds. The van der Waals surface area contributed by atoms with E-state index < -0.39 is 16.2 Å². The summed E-state index contributed by atoms with van der Waals surface area (Å²) in [7, 11) is -3.46. The van der Waals surface area contributed by atoms with Gasteiger partial charge in [-0.3, -0.25) is 0 Å². The van der Waals surface area contributed by atoms with Crippen LogP contribution in [0.15, 0.2) is 0 Å². The highest BCUT2D eigenvalue weighted by Crippen LogP contribution is 1.96. The molecule has 0 aromatic rings. The number of nitrogens with one attached hydrogen (secondary N) is 1. The van der Waals surface area contributed by atoms with E-state index in [9.17, 15) is 8.42 Å². The molecule has 0 aliphatic carbocycles. The van der Waals surface area contributed by atoms with Crippen LogP contribution in [0.2, 0.25) is 0 Å². The second-order valence-electron chi connectivity index (χ2n) is 2.90. The molecule has 80 valence electrons. The van der Waals surface area contributed by atoms with Gasteiger partial charge in [-0.1, -0.05) is 13.3 Å². The summed E-state index contributed by atoms with van der Waals surface area (Å²) in [5.41, 5.74) is 2.20. The third-order valence-electron chi connectivity index (χ3n) is 1.31. The molecule has 0 heterocycles. The second kappa shape index (κ2) is 6.31. The normalized spacial score (nSPS) is 14.4. The summed E-state index contributed by atoms with van der Waals surface area (Å²) < 4.78 is 26.4. The number of hydrogen-bond donors (Lipinski definition) is 2. The van der Waals surface area contributed by atoms with Crippen LogP contribution in [0, 0.1) is 0 Å². The number of hydrogen-bond acceptors (Lipinski definition) is 5. The number of rotatable bonds is 7. The topological polar surface area (TPSA) is 75.6 Å². The van der Waals surface area contributed by atoms with Crippen molar-refractivity contribution in [3.05, 3.63) is 0 Å². The fourth-order valence-electron chi connectivity index (χ4n) is 0.607. The first-order chi connectivity index (χ1) is 5.98. The predicted octanol–water partition coefficient (Wildman–Crippen LogP) is 0.0183. The van der Waals surface area contributed by atoms with Crippen molar-refractivity contribution < 1.29 is 17.8 Å². The van der Waals surface area contributed by atoms with Crippen LogP contribution in [-0.4, -0.2) is 31.9 Å². The van der Waals surface area contributed by atoms with Crippen LogP contribution in [-0.2, 0) is 14.4 Å². The molecule has 0 fully saturated rings. The number of aliphatic hydroxyl groups excluding tert-OH is 1. The quantitative estimate of drug-likeness (QED) is 0.581. The van der Waals surface area contributed by atoms with Gasteiger partial charge in [-0.05, 0) is 13.3 Å². The Labute approximate surface area is 79.2 Å². The second-order valence-corrected chi connectivity index (χ2v) is 4.59. The summed E-state index contributed by atoms with van der Waals surface area (Å²) in [6, 6.07) is 0.